The van der Waals surface area contributed by atoms with Crippen LogP contribution in [0.25, 0.3) is 21.8 Å². The number of rotatable bonds is 4. The number of anilines is 2. The van der Waals surface area contributed by atoms with Crippen molar-refractivity contribution in [3.63, 3.8) is 0 Å². The van der Waals surface area contributed by atoms with Gasteiger partial charge in [0.1, 0.15) is 24.0 Å². The predicted molar refractivity (Wildman–Crippen MR) is 123 cm³/mol. The molecule has 1 aliphatic rings. The standard InChI is InChI=1S/C23H21BrFN5O/c1-30-9-3-4-15(12-30)31-20-11-14(24)10-19-21(20)23(28-13-27-19)29-18-7-6-17-16(22(18)25)5-2-8-26-17/h2,5-8,10-11,13,15H,3-4,9,12H2,1H3,(H,27,28,29)/t15-/m0/s1. The number of fused-ring (bicyclic) bond motifs is 2. The molecule has 0 amide bonds. The minimum absolute atomic E-state index is 0.0767. The highest BCUT2D eigenvalue weighted by Crippen LogP contribution is 2.36. The number of piperidine rings is 1. The highest BCUT2D eigenvalue weighted by molar-refractivity contribution is 9.10. The topological polar surface area (TPSA) is 63.2 Å². The van der Waals surface area contributed by atoms with Gasteiger partial charge in [-0.2, -0.15) is 0 Å². The third kappa shape index (κ3) is 4.05. The van der Waals surface area contributed by atoms with E-state index in [4.69, 9.17) is 4.74 Å². The van der Waals surface area contributed by atoms with Crippen molar-refractivity contribution >= 4 is 49.2 Å². The average molecular weight is 482 g/mol. The van der Waals surface area contributed by atoms with E-state index >= 15 is 4.39 Å². The van der Waals surface area contributed by atoms with Crippen molar-refractivity contribution in [3.8, 4) is 5.75 Å². The van der Waals surface area contributed by atoms with E-state index in [9.17, 15) is 0 Å². The average Bonchev–Trinajstić information content (AvgIpc) is 2.76. The predicted octanol–water partition coefficient (Wildman–Crippen LogP) is 5.30. The zero-order valence-corrected chi connectivity index (χ0v) is 18.6. The third-order valence-corrected chi connectivity index (χ3v) is 5.97. The van der Waals surface area contributed by atoms with Gasteiger partial charge in [-0.05, 0) is 62.8 Å². The molecular weight excluding hydrogens is 461 g/mol. The number of ether oxygens (including phenoxy) is 1. The minimum atomic E-state index is -0.370. The van der Waals surface area contributed by atoms with E-state index in [0.717, 1.165) is 35.8 Å². The molecule has 0 radical (unpaired) electrons. The first-order valence-corrected chi connectivity index (χ1v) is 11.0. The van der Waals surface area contributed by atoms with Crippen molar-refractivity contribution in [2.45, 2.75) is 18.9 Å². The van der Waals surface area contributed by atoms with Crippen LogP contribution in [-0.2, 0) is 0 Å². The SMILES string of the molecule is CN1CCC[C@H](Oc2cc(Br)cc3ncnc(Nc4ccc5ncccc5c4F)c23)C1. The summed E-state index contributed by atoms with van der Waals surface area (Å²) in [4.78, 5) is 15.3. The smallest absolute Gasteiger partial charge is 0.156 e. The zero-order chi connectivity index (χ0) is 21.4. The first-order chi connectivity index (χ1) is 15.1. The quantitative estimate of drug-likeness (QED) is 0.426. The lowest BCUT2D eigenvalue weighted by Gasteiger charge is -2.30. The molecule has 5 rings (SSSR count). The maximum Gasteiger partial charge on any atom is 0.156 e. The number of halogens is 2. The Labute approximate surface area is 187 Å². The van der Waals surface area contributed by atoms with Gasteiger partial charge in [-0.25, -0.2) is 14.4 Å². The van der Waals surface area contributed by atoms with E-state index in [1.807, 2.05) is 12.1 Å². The lowest BCUT2D eigenvalue weighted by atomic mass is 10.1. The number of likely N-dealkylation sites (tertiary alicyclic amines) is 1. The van der Waals surface area contributed by atoms with Crippen molar-refractivity contribution in [3.05, 3.63) is 59.2 Å². The Morgan fingerprint density at radius 2 is 2.06 bits per heavy atom. The molecule has 2 aromatic heterocycles. The van der Waals surface area contributed by atoms with Crippen molar-refractivity contribution in [2.75, 3.05) is 25.5 Å². The number of aromatic nitrogens is 3. The summed E-state index contributed by atoms with van der Waals surface area (Å²) in [6.45, 7) is 1.93. The van der Waals surface area contributed by atoms with Crippen molar-refractivity contribution < 1.29 is 9.13 Å². The van der Waals surface area contributed by atoms with Crippen LogP contribution in [0.4, 0.5) is 15.9 Å². The summed E-state index contributed by atoms with van der Waals surface area (Å²) < 4.78 is 22.4. The molecule has 6 nitrogen and oxygen atoms in total. The number of benzene rings is 2. The maximum absolute atomic E-state index is 15.1. The highest BCUT2D eigenvalue weighted by Gasteiger charge is 2.21. The maximum atomic E-state index is 15.1. The normalized spacial score (nSPS) is 17.2. The highest BCUT2D eigenvalue weighted by atomic mass is 79.9. The molecule has 0 spiro atoms. The van der Waals surface area contributed by atoms with Gasteiger partial charge < -0.3 is 15.0 Å². The molecule has 158 valence electrons. The van der Waals surface area contributed by atoms with Crippen LogP contribution >= 0.6 is 15.9 Å². The van der Waals surface area contributed by atoms with Crippen molar-refractivity contribution in [1.82, 2.24) is 19.9 Å². The van der Waals surface area contributed by atoms with Crippen LogP contribution in [0.5, 0.6) is 5.75 Å². The molecule has 1 saturated heterocycles. The lowest BCUT2D eigenvalue weighted by molar-refractivity contribution is 0.105. The Morgan fingerprint density at radius 1 is 1.16 bits per heavy atom. The first-order valence-electron chi connectivity index (χ1n) is 10.2. The molecule has 3 heterocycles. The monoisotopic (exact) mass is 481 g/mol. The molecule has 1 N–H and O–H groups in total. The molecular formula is C23H21BrFN5O. The van der Waals surface area contributed by atoms with E-state index in [1.165, 1.54) is 6.33 Å². The van der Waals surface area contributed by atoms with Crippen LogP contribution in [-0.4, -0.2) is 46.1 Å². The number of hydrogen-bond acceptors (Lipinski definition) is 6. The Hall–Kier alpha value is -2.84. The molecule has 1 atom stereocenters. The molecule has 2 aromatic carbocycles. The van der Waals surface area contributed by atoms with Crippen LogP contribution in [0.3, 0.4) is 0 Å². The van der Waals surface area contributed by atoms with Gasteiger partial charge in [-0.1, -0.05) is 15.9 Å². The Morgan fingerprint density at radius 3 is 2.94 bits per heavy atom. The minimum Gasteiger partial charge on any atom is -0.488 e. The van der Waals surface area contributed by atoms with Gasteiger partial charge in [0.05, 0.1) is 22.1 Å². The van der Waals surface area contributed by atoms with Crippen LogP contribution in [0.2, 0.25) is 0 Å². The number of nitrogens with zero attached hydrogens (tertiary/aromatic N) is 4. The molecule has 4 aromatic rings. The van der Waals surface area contributed by atoms with E-state index in [0.29, 0.717) is 33.7 Å². The molecule has 0 aliphatic carbocycles. The fourth-order valence-corrected chi connectivity index (χ4v) is 4.47. The van der Waals surface area contributed by atoms with Gasteiger partial charge in [-0.3, -0.25) is 4.98 Å². The van der Waals surface area contributed by atoms with Crippen LogP contribution in [0.15, 0.2) is 53.4 Å². The van der Waals surface area contributed by atoms with Gasteiger partial charge in [0.25, 0.3) is 0 Å². The second kappa shape index (κ2) is 8.36. The van der Waals surface area contributed by atoms with Gasteiger partial charge in [0.15, 0.2) is 5.82 Å². The summed E-state index contributed by atoms with van der Waals surface area (Å²) in [5.41, 5.74) is 1.65. The van der Waals surface area contributed by atoms with Gasteiger partial charge in [0.2, 0.25) is 0 Å². The molecule has 0 saturated carbocycles. The van der Waals surface area contributed by atoms with Gasteiger partial charge in [0, 0.05) is 22.6 Å². The second-order valence-corrected chi connectivity index (χ2v) is 8.70. The first kappa shape index (κ1) is 20.1. The number of pyridine rings is 1. The summed E-state index contributed by atoms with van der Waals surface area (Å²) in [5.74, 6) is 0.806. The number of hydrogen-bond donors (Lipinski definition) is 1. The van der Waals surface area contributed by atoms with Gasteiger partial charge in [-0.15, -0.1) is 0 Å². The van der Waals surface area contributed by atoms with Crippen LogP contribution < -0.4 is 10.1 Å². The zero-order valence-electron chi connectivity index (χ0n) is 17.0. The third-order valence-electron chi connectivity index (χ3n) is 5.51. The number of likely N-dealkylation sites (N-methyl/N-ethyl adjacent to an activating group) is 1. The molecule has 0 unspecified atom stereocenters. The molecule has 0 bridgehead atoms. The van der Waals surface area contributed by atoms with Crippen LogP contribution in [0, 0.1) is 5.82 Å². The largest absolute Gasteiger partial charge is 0.488 e. The summed E-state index contributed by atoms with van der Waals surface area (Å²) in [5, 5.41) is 4.33. The Bertz CT molecular complexity index is 1270. The van der Waals surface area contributed by atoms with Crippen LogP contribution in [0.1, 0.15) is 12.8 Å². The van der Waals surface area contributed by atoms with Crippen molar-refractivity contribution in [1.29, 1.82) is 0 Å². The van der Waals surface area contributed by atoms with E-state index < -0.39 is 0 Å². The van der Waals surface area contributed by atoms with Gasteiger partial charge >= 0.3 is 0 Å². The Balaban J connectivity index is 1.57. The Kier molecular flexibility index (Phi) is 5.41. The molecule has 31 heavy (non-hydrogen) atoms. The van der Waals surface area contributed by atoms with Crippen molar-refractivity contribution in [2.24, 2.45) is 0 Å². The van der Waals surface area contributed by atoms with E-state index in [2.05, 4.69) is 48.1 Å². The fourth-order valence-electron chi connectivity index (χ4n) is 4.04. The van der Waals surface area contributed by atoms with E-state index in [-0.39, 0.29) is 11.9 Å². The second-order valence-electron chi connectivity index (χ2n) is 7.79. The molecule has 8 heteroatoms. The number of nitrogens with one attached hydrogen (secondary N) is 1. The fraction of sp³-hybridized carbons (Fsp3) is 0.261. The summed E-state index contributed by atoms with van der Waals surface area (Å²) in [7, 11) is 2.10. The summed E-state index contributed by atoms with van der Waals surface area (Å²) >= 11 is 3.55. The van der Waals surface area contributed by atoms with E-state index in [1.54, 1.807) is 30.5 Å². The molecule has 1 fully saturated rings. The lowest BCUT2D eigenvalue weighted by Crippen LogP contribution is -2.38. The molecule has 1 aliphatic heterocycles. The summed E-state index contributed by atoms with van der Waals surface area (Å²) in [6, 6.07) is 10.7. The summed E-state index contributed by atoms with van der Waals surface area (Å²) in [6.07, 6.45) is 5.27.